The number of carbonyl (C=O) groups excluding carboxylic acids is 5. The molecule has 2 saturated carbocycles. The Kier molecular flexibility index (Phi) is 11.0. The van der Waals surface area contributed by atoms with E-state index in [4.69, 9.17) is 9.47 Å². The van der Waals surface area contributed by atoms with Crippen molar-refractivity contribution < 1.29 is 41.9 Å². The normalized spacial score (nSPS) is 24.1. The van der Waals surface area contributed by atoms with Crippen molar-refractivity contribution in [1.29, 1.82) is 0 Å². The number of sulfonamides is 1. The number of hydrogen-bond donors (Lipinski definition) is 4. The molecule has 14 nitrogen and oxygen atoms in total. The van der Waals surface area contributed by atoms with Crippen molar-refractivity contribution in [2.75, 3.05) is 11.9 Å². The smallest absolute Gasteiger partial charge is 0.411 e. The van der Waals surface area contributed by atoms with Gasteiger partial charge in [0, 0.05) is 18.0 Å². The molecule has 282 valence electrons. The number of likely N-dealkylation sites (tertiary alicyclic amines) is 1. The van der Waals surface area contributed by atoms with Crippen LogP contribution in [0.15, 0.2) is 36.9 Å². The summed E-state index contributed by atoms with van der Waals surface area (Å²) in [6.45, 7) is 19.8. The van der Waals surface area contributed by atoms with Gasteiger partial charge < -0.3 is 25.0 Å². The number of alkyl carbamates (subject to hydrolysis) is 1. The minimum atomic E-state index is -3.92. The van der Waals surface area contributed by atoms with Gasteiger partial charge in [0.1, 0.15) is 29.3 Å². The highest BCUT2D eigenvalue weighted by molar-refractivity contribution is 7.91. The Balaban J connectivity index is 1.61. The van der Waals surface area contributed by atoms with Gasteiger partial charge in [-0.05, 0) is 62.5 Å². The largest absolute Gasteiger partial charge is 0.444 e. The number of amides is 5. The van der Waals surface area contributed by atoms with Crippen molar-refractivity contribution in [3.63, 3.8) is 0 Å². The summed E-state index contributed by atoms with van der Waals surface area (Å²) in [7, 11) is -3.92. The van der Waals surface area contributed by atoms with E-state index in [0.29, 0.717) is 18.5 Å². The Morgan fingerprint density at radius 2 is 1.61 bits per heavy atom. The molecule has 5 amide bonds. The molecule has 4 rings (SSSR count). The van der Waals surface area contributed by atoms with Crippen LogP contribution < -0.4 is 20.7 Å². The second-order valence-corrected chi connectivity index (χ2v) is 18.8. The molecule has 1 aromatic rings. The van der Waals surface area contributed by atoms with Gasteiger partial charge in [-0.25, -0.2) is 18.0 Å². The second-order valence-electron chi connectivity index (χ2n) is 16.8. The van der Waals surface area contributed by atoms with Crippen LogP contribution in [0.5, 0.6) is 0 Å². The van der Waals surface area contributed by atoms with Crippen LogP contribution >= 0.6 is 0 Å². The van der Waals surface area contributed by atoms with Crippen LogP contribution in [0.2, 0.25) is 0 Å². The number of carbonyl (C=O) groups is 5. The van der Waals surface area contributed by atoms with Gasteiger partial charge in [0.05, 0.1) is 11.8 Å². The molecule has 0 bridgehead atoms. The van der Waals surface area contributed by atoms with Crippen LogP contribution in [0.4, 0.5) is 15.3 Å². The Morgan fingerprint density at radius 3 is 2.14 bits per heavy atom. The molecule has 1 heterocycles. The molecule has 2 unspecified atom stereocenters. The summed E-state index contributed by atoms with van der Waals surface area (Å²) in [4.78, 5) is 69.2. The van der Waals surface area contributed by atoms with Gasteiger partial charge in [-0.15, -0.1) is 6.58 Å². The van der Waals surface area contributed by atoms with Crippen molar-refractivity contribution in [3.8, 4) is 0 Å². The van der Waals surface area contributed by atoms with Gasteiger partial charge in [0.25, 0.3) is 5.91 Å². The number of nitrogens with zero attached hydrogens (tertiary/aromatic N) is 1. The topological polar surface area (TPSA) is 189 Å². The lowest BCUT2D eigenvalue weighted by Crippen LogP contribution is -2.60. The predicted octanol–water partition coefficient (Wildman–Crippen LogP) is 4.11. The number of ether oxygens (including phenoxy) is 2. The van der Waals surface area contributed by atoms with Crippen molar-refractivity contribution in [3.05, 3.63) is 42.5 Å². The van der Waals surface area contributed by atoms with E-state index < -0.39 is 85.8 Å². The first-order valence-electron chi connectivity index (χ1n) is 17.3. The molecular formula is C36H53N5O9S. The molecule has 2 aliphatic carbocycles. The van der Waals surface area contributed by atoms with E-state index in [2.05, 4.69) is 27.3 Å². The molecule has 15 heteroatoms. The average Bonchev–Trinajstić information content (AvgIpc) is 3.90. The first-order valence-corrected chi connectivity index (χ1v) is 18.8. The fourth-order valence-electron chi connectivity index (χ4n) is 6.17. The van der Waals surface area contributed by atoms with Crippen molar-refractivity contribution in [2.45, 2.75) is 128 Å². The number of rotatable bonds is 10. The standard InChI is InChI=1S/C36H53N5O9S/c1-11-21-19-36(21,30(44)40-51(47,48)23-16-17-23)39-28(42)26-18-22(49-31(45)37-25-15-13-12-14-24(25)33(2,3)4)20-41(26)29(43)27(34(5,6)7)38-32(46)50-35(8,9)10/h11-15,21-23,26-27H,1,16-20H2,2-10H3,(H,37,45)(H,38,46)(H,39,42)(H,40,44)/t21?,22-,26?,27-,36-/m1/s1. The molecule has 1 aliphatic heterocycles. The maximum atomic E-state index is 14.3. The number of nitrogens with one attached hydrogen (secondary N) is 4. The SMILES string of the molecule is C=CC1C[C@]1(NC(=O)C1C[C@@H](OC(=O)Nc2ccccc2C(C)(C)C)CN1C(=O)[C@@H](NC(=O)OC(C)(C)C)C(C)(C)C)C(=O)NS(=O)(=O)C1CC1. The molecule has 3 fully saturated rings. The van der Waals surface area contributed by atoms with Gasteiger partial charge in [0.2, 0.25) is 21.8 Å². The number of para-hydroxylation sites is 1. The van der Waals surface area contributed by atoms with E-state index in [1.165, 1.54) is 11.0 Å². The lowest BCUT2D eigenvalue weighted by molar-refractivity contribution is -0.143. The molecule has 51 heavy (non-hydrogen) atoms. The fourth-order valence-corrected chi connectivity index (χ4v) is 7.53. The van der Waals surface area contributed by atoms with E-state index in [9.17, 15) is 32.4 Å². The quantitative estimate of drug-likeness (QED) is 0.257. The first-order chi connectivity index (χ1) is 23.4. The van der Waals surface area contributed by atoms with Gasteiger partial charge in [-0.2, -0.15) is 0 Å². The highest BCUT2D eigenvalue weighted by Gasteiger charge is 2.62. The monoisotopic (exact) mass is 731 g/mol. The maximum Gasteiger partial charge on any atom is 0.411 e. The Bertz CT molecular complexity index is 1670. The highest BCUT2D eigenvalue weighted by Crippen LogP contribution is 2.45. The number of benzene rings is 1. The minimum Gasteiger partial charge on any atom is -0.444 e. The molecule has 0 spiro atoms. The zero-order valence-corrected chi connectivity index (χ0v) is 31.9. The van der Waals surface area contributed by atoms with Crippen molar-refractivity contribution in [2.24, 2.45) is 11.3 Å². The maximum absolute atomic E-state index is 14.3. The number of hydrogen-bond acceptors (Lipinski definition) is 9. The van der Waals surface area contributed by atoms with Gasteiger partial charge in [-0.1, -0.05) is 65.8 Å². The van der Waals surface area contributed by atoms with Crippen LogP contribution in [0.3, 0.4) is 0 Å². The molecule has 1 saturated heterocycles. The van der Waals surface area contributed by atoms with E-state index in [-0.39, 0.29) is 24.8 Å². The Hall–Kier alpha value is -4.14. The third-order valence-corrected chi connectivity index (χ3v) is 10.9. The van der Waals surface area contributed by atoms with Gasteiger partial charge >= 0.3 is 12.2 Å². The van der Waals surface area contributed by atoms with Crippen LogP contribution in [0, 0.1) is 11.3 Å². The first kappa shape index (κ1) is 39.6. The second kappa shape index (κ2) is 14.1. The van der Waals surface area contributed by atoms with Crippen LogP contribution in [-0.4, -0.2) is 84.3 Å². The third kappa shape index (κ3) is 9.60. The molecular weight excluding hydrogens is 678 g/mol. The Labute approximate surface area is 300 Å². The summed E-state index contributed by atoms with van der Waals surface area (Å²) < 4.78 is 38.6. The summed E-state index contributed by atoms with van der Waals surface area (Å²) in [6.07, 6.45) is -0.263. The van der Waals surface area contributed by atoms with E-state index >= 15 is 0 Å². The zero-order valence-electron chi connectivity index (χ0n) is 31.0. The summed E-state index contributed by atoms with van der Waals surface area (Å²) in [5.41, 5.74) is -2.18. The molecule has 3 aliphatic rings. The molecule has 4 N–H and O–H groups in total. The summed E-state index contributed by atoms with van der Waals surface area (Å²) in [5.74, 6) is -2.82. The molecule has 0 aromatic heterocycles. The lowest BCUT2D eigenvalue weighted by atomic mass is 9.85. The predicted molar refractivity (Wildman–Crippen MR) is 191 cm³/mol. The average molecular weight is 732 g/mol. The fraction of sp³-hybridized carbons (Fsp3) is 0.639. The molecule has 0 radical (unpaired) electrons. The molecule has 5 atom stereocenters. The summed E-state index contributed by atoms with van der Waals surface area (Å²) >= 11 is 0. The third-order valence-electron chi connectivity index (χ3n) is 9.12. The summed E-state index contributed by atoms with van der Waals surface area (Å²) in [5, 5.41) is 7.48. The van der Waals surface area contributed by atoms with Crippen molar-refractivity contribution in [1.82, 2.24) is 20.3 Å². The van der Waals surface area contributed by atoms with Crippen LogP contribution in [0.1, 0.15) is 93.6 Å². The van der Waals surface area contributed by atoms with Crippen LogP contribution in [0.25, 0.3) is 0 Å². The van der Waals surface area contributed by atoms with Gasteiger partial charge in [0.15, 0.2) is 0 Å². The Morgan fingerprint density at radius 1 is 0.980 bits per heavy atom. The highest BCUT2D eigenvalue weighted by atomic mass is 32.2. The van der Waals surface area contributed by atoms with E-state index in [0.717, 1.165) is 5.56 Å². The zero-order chi connectivity index (χ0) is 38.3. The van der Waals surface area contributed by atoms with Crippen molar-refractivity contribution >= 4 is 45.6 Å². The van der Waals surface area contributed by atoms with E-state index in [1.807, 2.05) is 32.9 Å². The van der Waals surface area contributed by atoms with Crippen LogP contribution in [-0.2, 0) is 39.3 Å². The summed E-state index contributed by atoms with van der Waals surface area (Å²) in [6, 6.07) is 4.87. The molecule has 1 aromatic carbocycles. The minimum absolute atomic E-state index is 0.106. The lowest BCUT2D eigenvalue weighted by Gasteiger charge is -2.36. The van der Waals surface area contributed by atoms with Gasteiger partial charge in [-0.3, -0.25) is 24.4 Å². The number of anilines is 1. The van der Waals surface area contributed by atoms with E-state index in [1.54, 1.807) is 53.7 Å².